The Bertz CT molecular complexity index is 1240. The molecule has 3 heterocycles. The van der Waals surface area contributed by atoms with Crippen molar-refractivity contribution in [2.24, 2.45) is 13.0 Å². The van der Waals surface area contributed by atoms with Gasteiger partial charge in [0.05, 0.1) is 11.4 Å². The van der Waals surface area contributed by atoms with Gasteiger partial charge in [-0.25, -0.2) is 0 Å². The minimum Gasteiger partial charge on any atom is -0.357 e. The summed E-state index contributed by atoms with van der Waals surface area (Å²) in [5.74, 6) is 1.24. The molecule has 33 heavy (non-hydrogen) atoms. The Kier molecular flexibility index (Phi) is 6.73. The average Bonchev–Trinajstić information content (AvgIpc) is 3.07. The molecule has 1 aromatic heterocycles. The van der Waals surface area contributed by atoms with Crippen molar-refractivity contribution in [3.8, 4) is 6.07 Å². The fourth-order valence-corrected chi connectivity index (χ4v) is 5.58. The molecule has 0 N–H and O–H groups in total. The maximum absolute atomic E-state index is 13.3. The van der Waals surface area contributed by atoms with E-state index >= 15 is 0 Å². The highest BCUT2D eigenvalue weighted by atomic mass is 32.2. The zero-order valence-corrected chi connectivity index (χ0v) is 20.6. The van der Waals surface area contributed by atoms with E-state index < -0.39 is 0 Å². The smallest absolute Gasteiger partial charge is 0.270 e. The van der Waals surface area contributed by atoms with E-state index in [1.807, 2.05) is 36.4 Å². The lowest BCUT2D eigenvalue weighted by atomic mass is 9.97. The van der Waals surface area contributed by atoms with E-state index in [2.05, 4.69) is 17.9 Å². The van der Waals surface area contributed by atoms with Crippen LogP contribution in [0.5, 0.6) is 0 Å². The summed E-state index contributed by atoms with van der Waals surface area (Å²) in [5.41, 5.74) is 2.14. The van der Waals surface area contributed by atoms with Crippen LogP contribution in [0.3, 0.4) is 0 Å². The molecule has 0 saturated carbocycles. The van der Waals surface area contributed by atoms with Crippen LogP contribution in [0.1, 0.15) is 42.0 Å². The highest BCUT2D eigenvalue weighted by molar-refractivity contribution is 8.26. The normalized spacial score (nSPS) is 18.3. The third-order valence-electron chi connectivity index (χ3n) is 6.38. The van der Waals surface area contributed by atoms with E-state index in [1.165, 1.54) is 11.8 Å². The number of rotatable bonds is 4. The first-order valence-corrected chi connectivity index (χ1v) is 12.2. The Hall–Kier alpha value is -2.89. The molecule has 0 aliphatic carbocycles. The summed E-state index contributed by atoms with van der Waals surface area (Å²) in [6.45, 7) is 6.09. The summed E-state index contributed by atoms with van der Waals surface area (Å²) in [4.78, 5) is 30.5. The predicted molar refractivity (Wildman–Crippen MR) is 137 cm³/mol. The molecule has 2 aliphatic heterocycles. The second-order valence-corrected chi connectivity index (χ2v) is 10.3. The lowest BCUT2D eigenvalue weighted by molar-refractivity contribution is -0.122. The van der Waals surface area contributed by atoms with Crippen LogP contribution in [0.4, 0.5) is 5.82 Å². The summed E-state index contributed by atoms with van der Waals surface area (Å²) >= 11 is 6.78. The van der Waals surface area contributed by atoms with Gasteiger partial charge in [-0.2, -0.15) is 5.26 Å². The van der Waals surface area contributed by atoms with Crippen LogP contribution in [0.15, 0.2) is 40.0 Å². The van der Waals surface area contributed by atoms with Gasteiger partial charge in [0.1, 0.15) is 21.8 Å². The number of carbonyl (C=O) groups excluding carboxylic acids is 1. The van der Waals surface area contributed by atoms with E-state index in [0.717, 1.165) is 42.9 Å². The third kappa shape index (κ3) is 4.48. The van der Waals surface area contributed by atoms with E-state index in [0.29, 0.717) is 27.3 Å². The number of piperidine rings is 1. The van der Waals surface area contributed by atoms with Crippen LogP contribution in [0.2, 0.25) is 0 Å². The first kappa shape index (κ1) is 23.3. The van der Waals surface area contributed by atoms with Gasteiger partial charge in [-0.15, -0.1) is 0 Å². The highest BCUT2D eigenvalue weighted by Crippen LogP contribution is 2.37. The van der Waals surface area contributed by atoms with Gasteiger partial charge in [-0.05, 0) is 42.9 Å². The van der Waals surface area contributed by atoms with Gasteiger partial charge in [0.15, 0.2) is 0 Å². The first-order valence-electron chi connectivity index (χ1n) is 11.0. The Labute approximate surface area is 203 Å². The number of aromatic nitrogens is 1. The van der Waals surface area contributed by atoms with Crippen molar-refractivity contribution in [3.63, 3.8) is 0 Å². The molecular formula is C25H26N4O2S2. The van der Waals surface area contributed by atoms with Crippen molar-refractivity contribution in [2.45, 2.75) is 33.2 Å². The van der Waals surface area contributed by atoms with Crippen molar-refractivity contribution < 1.29 is 4.79 Å². The highest BCUT2D eigenvalue weighted by Gasteiger charge is 2.33. The third-order valence-corrected chi connectivity index (χ3v) is 7.76. The molecule has 1 amide bonds. The Balaban J connectivity index is 1.77. The molecule has 6 nitrogen and oxygen atoms in total. The van der Waals surface area contributed by atoms with Crippen LogP contribution in [0.25, 0.3) is 6.08 Å². The molecule has 0 atom stereocenters. The summed E-state index contributed by atoms with van der Waals surface area (Å²) in [6.07, 6.45) is 3.88. The van der Waals surface area contributed by atoms with Crippen LogP contribution in [-0.2, 0) is 18.4 Å². The minimum atomic E-state index is -0.308. The van der Waals surface area contributed by atoms with Crippen LogP contribution >= 0.6 is 24.0 Å². The summed E-state index contributed by atoms with van der Waals surface area (Å²) in [6, 6.07) is 11.8. The van der Waals surface area contributed by atoms with Crippen molar-refractivity contribution in [2.75, 3.05) is 18.0 Å². The molecule has 2 fully saturated rings. The number of amides is 1. The standard InChI is InChI=1S/C25H26N4O2S2/c1-16-9-11-28(12-10-16)22-19(17(2)20(14-26)23(30)27(22)3)13-21-24(31)29(25(32)33-21)15-18-7-5-4-6-8-18/h4-8,13,16H,9-12,15H2,1-3H3. The van der Waals surface area contributed by atoms with E-state index in [-0.39, 0.29) is 17.0 Å². The molecule has 2 saturated heterocycles. The van der Waals surface area contributed by atoms with Gasteiger partial charge in [0.25, 0.3) is 11.5 Å². The number of pyridine rings is 1. The number of nitriles is 1. The largest absolute Gasteiger partial charge is 0.357 e. The number of thioether (sulfide) groups is 1. The number of thiocarbonyl (C=S) groups is 1. The van der Waals surface area contributed by atoms with Gasteiger partial charge in [0, 0.05) is 25.7 Å². The van der Waals surface area contributed by atoms with Crippen LogP contribution < -0.4 is 10.5 Å². The molecule has 8 heteroatoms. The maximum atomic E-state index is 13.3. The van der Waals surface area contributed by atoms with E-state index in [4.69, 9.17) is 12.2 Å². The Morgan fingerprint density at radius 2 is 1.88 bits per heavy atom. The zero-order valence-electron chi connectivity index (χ0n) is 19.0. The van der Waals surface area contributed by atoms with E-state index in [9.17, 15) is 14.9 Å². The first-order chi connectivity index (χ1) is 15.8. The fourth-order valence-electron chi connectivity index (χ4n) is 4.35. The Morgan fingerprint density at radius 3 is 2.52 bits per heavy atom. The summed E-state index contributed by atoms with van der Waals surface area (Å²) in [5, 5.41) is 9.65. The SMILES string of the molecule is Cc1c(C=C2SC(=S)N(Cc3ccccc3)C2=O)c(N2CCC(C)CC2)n(C)c(=O)c1C#N. The molecule has 0 radical (unpaired) electrons. The number of anilines is 1. The van der Waals surface area contributed by atoms with Crippen molar-refractivity contribution in [1.82, 2.24) is 9.47 Å². The molecule has 2 aliphatic rings. The number of hydrogen-bond donors (Lipinski definition) is 0. The number of benzene rings is 1. The second kappa shape index (κ2) is 9.54. The van der Waals surface area contributed by atoms with Crippen molar-refractivity contribution >= 4 is 46.1 Å². The fraction of sp³-hybridized carbons (Fsp3) is 0.360. The van der Waals surface area contributed by atoms with Gasteiger partial charge in [0.2, 0.25) is 0 Å². The van der Waals surface area contributed by atoms with Crippen molar-refractivity contribution in [1.29, 1.82) is 5.26 Å². The molecular weight excluding hydrogens is 452 g/mol. The van der Waals surface area contributed by atoms with E-state index in [1.54, 1.807) is 23.4 Å². The number of carbonyl (C=O) groups is 1. The van der Waals surface area contributed by atoms with Gasteiger partial charge >= 0.3 is 0 Å². The average molecular weight is 479 g/mol. The topological polar surface area (TPSA) is 69.3 Å². The summed E-state index contributed by atoms with van der Waals surface area (Å²) < 4.78 is 2.06. The molecule has 4 rings (SSSR count). The van der Waals surface area contributed by atoms with Crippen LogP contribution in [0, 0.1) is 24.2 Å². The lowest BCUT2D eigenvalue weighted by Gasteiger charge is -2.34. The van der Waals surface area contributed by atoms with Gasteiger partial charge in [-0.1, -0.05) is 61.2 Å². The maximum Gasteiger partial charge on any atom is 0.270 e. The monoisotopic (exact) mass is 478 g/mol. The number of hydrogen-bond acceptors (Lipinski definition) is 6. The number of nitrogens with zero attached hydrogens (tertiary/aromatic N) is 4. The quantitative estimate of drug-likeness (QED) is 0.485. The Morgan fingerprint density at radius 1 is 1.21 bits per heavy atom. The van der Waals surface area contributed by atoms with Crippen LogP contribution in [-0.4, -0.2) is 32.8 Å². The minimum absolute atomic E-state index is 0.109. The summed E-state index contributed by atoms with van der Waals surface area (Å²) in [7, 11) is 1.70. The second-order valence-electron chi connectivity index (χ2n) is 8.64. The molecule has 0 unspecified atom stereocenters. The van der Waals surface area contributed by atoms with Gasteiger partial charge in [-0.3, -0.25) is 19.1 Å². The lowest BCUT2D eigenvalue weighted by Crippen LogP contribution is -2.38. The molecule has 2 aromatic rings. The molecule has 0 spiro atoms. The molecule has 170 valence electrons. The zero-order chi connectivity index (χ0) is 23.7. The van der Waals surface area contributed by atoms with Crippen molar-refractivity contribution in [3.05, 3.63) is 67.8 Å². The molecule has 0 bridgehead atoms. The predicted octanol–water partition coefficient (Wildman–Crippen LogP) is 4.20. The molecule has 1 aromatic carbocycles. The van der Waals surface area contributed by atoms with Gasteiger partial charge < -0.3 is 4.90 Å².